The van der Waals surface area contributed by atoms with Crippen LogP contribution in [-0.4, -0.2) is 41.3 Å². The first-order chi connectivity index (χ1) is 14.2. The minimum atomic E-state index is -0.131. The highest BCUT2D eigenvalue weighted by Crippen LogP contribution is 2.31. The maximum Gasteiger partial charge on any atom is 0.265 e. The zero-order valence-corrected chi connectivity index (χ0v) is 16.0. The molecule has 0 radical (unpaired) electrons. The number of aromatic nitrogens is 2. The summed E-state index contributed by atoms with van der Waals surface area (Å²) in [6.07, 6.45) is 4.63. The van der Waals surface area contributed by atoms with Crippen LogP contribution in [0.25, 0.3) is 5.69 Å². The van der Waals surface area contributed by atoms with E-state index >= 15 is 0 Å². The lowest BCUT2D eigenvalue weighted by Crippen LogP contribution is -2.41. The minimum Gasteiger partial charge on any atom is -0.482 e. The Bertz CT molecular complexity index is 984. The highest BCUT2D eigenvalue weighted by molar-refractivity contribution is 5.98. The van der Waals surface area contributed by atoms with E-state index in [1.54, 1.807) is 15.8 Å². The Morgan fingerprint density at radius 2 is 1.93 bits per heavy atom. The highest BCUT2D eigenvalue weighted by atomic mass is 16.5. The number of nitrogens with one attached hydrogen (secondary N) is 1. The summed E-state index contributed by atoms with van der Waals surface area (Å²) >= 11 is 0. The minimum absolute atomic E-state index is 0.00710. The molecule has 0 spiro atoms. The number of ether oxygens (including phenoxy) is 1. The van der Waals surface area contributed by atoms with Gasteiger partial charge in [-0.25, -0.2) is 4.68 Å². The molecule has 7 nitrogen and oxygen atoms in total. The molecular weight excluding hydrogens is 368 g/mol. The van der Waals surface area contributed by atoms with E-state index in [4.69, 9.17) is 4.74 Å². The average Bonchev–Trinajstić information content (AvgIpc) is 3.28. The van der Waals surface area contributed by atoms with Gasteiger partial charge in [0.1, 0.15) is 5.75 Å². The molecule has 2 heterocycles. The summed E-state index contributed by atoms with van der Waals surface area (Å²) < 4.78 is 7.22. The Morgan fingerprint density at radius 1 is 1.10 bits per heavy atom. The summed E-state index contributed by atoms with van der Waals surface area (Å²) in [6.45, 7) is 0.893. The molecule has 148 valence electrons. The quantitative estimate of drug-likeness (QED) is 0.672. The van der Waals surface area contributed by atoms with Gasteiger partial charge in [-0.05, 0) is 42.3 Å². The van der Waals surface area contributed by atoms with Crippen molar-refractivity contribution in [3.8, 4) is 11.4 Å². The molecule has 0 saturated heterocycles. The van der Waals surface area contributed by atoms with Crippen LogP contribution in [0.3, 0.4) is 0 Å². The van der Waals surface area contributed by atoms with Crippen LogP contribution in [0.15, 0.2) is 67.0 Å². The fraction of sp³-hybridized carbons (Fsp3) is 0.227. The molecule has 0 unspecified atom stereocenters. The lowest BCUT2D eigenvalue weighted by Gasteiger charge is -2.29. The molecule has 1 N–H and O–H groups in total. The fourth-order valence-electron chi connectivity index (χ4n) is 3.28. The molecular formula is C22H22N4O3. The van der Waals surface area contributed by atoms with Gasteiger partial charge in [-0.15, -0.1) is 0 Å². The summed E-state index contributed by atoms with van der Waals surface area (Å²) in [5, 5.41) is 7.13. The van der Waals surface area contributed by atoms with Crippen molar-refractivity contribution in [1.29, 1.82) is 0 Å². The molecule has 4 rings (SSSR count). The number of amides is 2. The van der Waals surface area contributed by atoms with Crippen LogP contribution in [0, 0.1) is 0 Å². The molecule has 1 aromatic heterocycles. The van der Waals surface area contributed by atoms with Gasteiger partial charge in [0.25, 0.3) is 5.91 Å². The van der Waals surface area contributed by atoms with Crippen LogP contribution in [-0.2, 0) is 16.0 Å². The van der Waals surface area contributed by atoms with Crippen molar-refractivity contribution in [3.05, 3.63) is 72.6 Å². The van der Waals surface area contributed by atoms with Crippen molar-refractivity contribution in [1.82, 2.24) is 15.1 Å². The zero-order valence-electron chi connectivity index (χ0n) is 16.0. The normalized spacial score (nSPS) is 13.0. The van der Waals surface area contributed by atoms with E-state index < -0.39 is 0 Å². The van der Waals surface area contributed by atoms with E-state index in [0.717, 1.165) is 17.7 Å². The molecule has 2 aromatic carbocycles. The second-order valence-corrected chi connectivity index (χ2v) is 6.77. The Kier molecular flexibility index (Phi) is 5.56. The van der Waals surface area contributed by atoms with Crippen LogP contribution < -0.4 is 15.0 Å². The molecule has 3 aromatic rings. The number of fused-ring (bicyclic) bond motifs is 1. The molecule has 29 heavy (non-hydrogen) atoms. The van der Waals surface area contributed by atoms with Crippen LogP contribution in [0.5, 0.6) is 5.75 Å². The van der Waals surface area contributed by atoms with Crippen molar-refractivity contribution in [3.63, 3.8) is 0 Å². The smallest absolute Gasteiger partial charge is 0.265 e. The zero-order chi connectivity index (χ0) is 20.1. The Morgan fingerprint density at radius 3 is 2.72 bits per heavy atom. The summed E-state index contributed by atoms with van der Waals surface area (Å²) in [4.78, 5) is 26.0. The summed E-state index contributed by atoms with van der Waals surface area (Å²) in [5.41, 5.74) is 2.85. The number of carbonyl (C=O) groups is 2. The van der Waals surface area contributed by atoms with E-state index in [1.807, 2.05) is 60.8 Å². The van der Waals surface area contributed by atoms with Gasteiger partial charge >= 0.3 is 0 Å². The molecule has 0 aliphatic carbocycles. The third-order valence-electron chi connectivity index (χ3n) is 4.81. The predicted molar refractivity (Wildman–Crippen MR) is 109 cm³/mol. The number of benzene rings is 2. The lowest BCUT2D eigenvalue weighted by molar-refractivity contribution is -0.122. The molecule has 2 amide bonds. The third-order valence-corrected chi connectivity index (χ3v) is 4.81. The van der Waals surface area contributed by atoms with Gasteiger partial charge < -0.3 is 15.0 Å². The SMILES string of the molecule is O=C(CCN1C(=O)COc2ccccc21)NCCc1ccc(-n2cccn2)cc1. The van der Waals surface area contributed by atoms with Crippen molar-refractivity contribution in [2.75, 3.05) is 24.6 Å². The van der Waals surface area contributed by atoms with Crippen molar-refractivity contribution in [2.24, 2.45) is 0 Å². The summed E-state index contributed by atoms with van der Waals surface area (Å²) in [7, 11) is 0. The lowest BCUT2D eigenvalue weighted by atomic mass is 10.1. The van der Waals surface area contributed by atoms with Crippen molar-refractivity contribution < 1.29 is 14.3 Å². The topological polar surface area (TPSA) is 76.5 Å². The van der Waals surface area contributed by atoms with Crippen LogP contribution in [0.2, 0.25) is 0 Å². The van der Waals surface area contributed by atoms with Gasteiger partial charge in [0, 0.05) is 31.9 Å². The number of rotatable bonds is 7. The number of anilines is 1. The first kappa shape index (κ1) is 18.7. The van der Waals surface area contributed by atoms with E-state index in [2.05, 4.69) is 10.4 Å². The number of nitrogens with zero attached hydrogens (tertiary/aromatic N) is 3. The van der Waals surface area contributed by atoms with Gasteiger partial charge in [0.15, 0.2) is 6.61 Å². The van der Waals surface area contributed by atoms with Gasteiger partial charge in [-0.2, -0.15) is 5.10 Å². The monoisotopic (exact) mass is 390 g/mol. The van der Waals surface area contributed by atoms with E-state index in [1.165, 1.54) is 0 Å². The Labute approximate surface area is 168 Å². The van der Waals surface area contributed by atoms with Crippen LogP contribution >= 0.6 is 0 Å². The molecule has 0 atom stereocenters. The van der Waals surface area contributed by atoms with Gasteiger partial charge in [0.2, 0.25) is 5.91 Å². The maximum absolute atomic E-state index is 12.2. The number of carbonyl (C=O) groups excluding carboxylic acids is 2. The van der Waals surface area contributed by atoms with Gasteiger partial charge in [-0.3, -0.25) is 9.59 Å². The number of para-hydroxylation sites is 2. The molecule has 1 aliphatic heterocycles. The van der Waals surface area contributed by atoms with Crippen LogP contribution in [0.4, 0.5) is 5.69 Å². The molecule has 0 saturated carbocycles. The second-order valence-electron chi connectivity index (χ2n) is 6.77. The predicted octanol–water partition coefficient (Wildman–Crippen LogP) is 2.35. The Balaban J connectivity index is 1.24. The first-order valence-electron chi connectivity index (χ1n) is 9.58. The fourth-order valence-corrected chi connectivity index (χ4v) is 3.28. The van der Waals surface area contributed by atoms with Crippen molar-refractivity contribution >= 4 is 17.5 Å². The number of hydrogen-bond donors (Lipinski definition) is 1. The summed E-state index contributed by atoms with van der Waals surface area (Å²) in [6, 6.07) is 17.3. The first-order valence-corrected chi connectivity index (χ1v) is 9.58. The largest absolute Gasteiger partial charge is 0.482 e. The van der Waals surface area contributed by atoms with Gasteiger partial charge in [-0.1, -0.05) is 24.3 Å². The van der Waals surface area contributed by atoms with E-state index in [0.29, 0.717) is 24.5 Å². The number of hydrogen-bond acceptors (Lipinski definition) is 4. The van der Waals surface area contributed by atoms with Crippen LogP contribution in [0.1, 0.15) is 12.0 Å². The maximum atomic E-state index is 12.2. The Hall–Kier alpha value is -3.61. The standard InChI is InChI=1S/C22H22N4O3/c27-21(11-15-25-19-4-1-2-5-20(19)29-16-22(25)28)23-13-10-17-6-8-18(9-7-17)26-14-3-12-24-26/h1-9,12,14H,10-11,13,15-16H2,(H,23,27). The average molecular weight is 390 g/mol. The van der Waals surface area contributed by atoms with E-state index in [9.17, 15) is 9.59 Å². The highest BCUT2D eigenvalue weighted by Gasteiger charge is 2.25. The van der Waals surface area contributed by atoms with E-state index in [-0.39, 0.29) is 24.8 Å². The molecule has 0 fully saturated rings. The summed E-state index contributed by atoms with van der Waals surface area (Å²) in [5.74, 6) is 0.467. The molecule has 7 heteroatoms. The molecule has 1 aliphatic rings. The third kappa shape index (κ3) is 4.45. The van der Waals surface area contributed by atoms with Gasteiger partial charge in [0.05, 0.1) is 11.4 Å². The second kappa shape index (κ2) is 8.60. The molecule has 0 bridgehead atoms. The van der Waals surface area contributed by atoms with Crippen molar-refractivity contribution in [2.45, 2.75) is 12.8 Å².